The molecule has 0 bridgehead atoms. The zero-order chi connectivity index (χ0) is 18.8. The van der Waals surface area contributed by atoms with Gasteiger partial charge in [0.05, 0.1) is 0 Å². The number of Topliss-reactive ketones (excluding diaryl/α,β-unsaturated/α-hetero) is 1. The SMILES string of the molecule is Cc1cccc(C(=O)/C(C#N)=C/c2cc(C)n(-c3cc(C)on3)c2C)c1. The van der Waals surface area contributed by atoms with Crippen molar-refractivity contribution >= 4 is 11.9 Å². The molecule has 0 spiro atoms. The first-order valence-corrected chi connectivity index (χ1v) is 8.26. The molecule has 0 radical (unpaired) electrons. The van der Waals surface area contributed by atoms with Crippen LogP contribution in [0.25, 0.3) is 11.9 Å². The molecule has 5 heteroatoms. The van der Waals surface area contributed by atoms with Crippen LogP contribution in [0.2, 0.25) is 0 Å². The summed E-state index contributed by atoms with van der Waals surface area (Å²) in [6.45, 7) is 7.62. The van der Waals surface area contributed by atoms with Crippen LogP contribution in [0.5, 0.6) is 0 Å². The molecule has 5 nitrogen and oxygen atoms in total. The van der Waals surface area contributed by atoms with Gasteiger partial charge in [0, 0.05) is 23.0 Å². The monoisotopic (exact) mass is 345 g/mol. The van der Waals surface area contributed by atoms with E-state index in [9.17, 15) is 10.1 Å². The van der Waals surface area contributed by atoms with E-state index in [4.69, 9.17) is 4.52 Å². The van der Waals surface area contributed by atoms with Crippen molar-refractivity contribution < 1.29 is 9.32 Å². The van der Waals surface area contributed by atoms with Crippen molar-refractivity contribution in [1.82, 2.24) is 9.72 Å². The Morgan fingerprint density at radius 1 is 1.19 bits per heavy atom. The summed E-state index contributed by atoms with van der Waals surface area (Å²) in [6.07, 6.45) is 1.64. The van der Waals surface area contributed by atoms with Crippen LogP contribution in [0.3, 0.4) is 0 Å². The molecule has 0 saturated heterocycles. The molecule has 2 aromatic heterocycles. The van der Waals surface area contributed by atoms with Crippen LogP contribution in [0.4, 0.5) is 0 Å². The Bertz CT molecular complexity index is 1060. The van der Waals surface area contributed by atoms with Crippen LogP contribution in [-0.2, 0) is 0 Å². The molecule has 0 N–H and O–H groups in total. The summed E-state index contributed by atoms with van der Waals surface area (Å²) in [5.74, 6) is 1.12. The van der Waals surface area contributed by atoms with Crippen molar-refractivity contribution in [2.45, 2.75) is 27.7 Å². The fraction of sp³-hybridized carbons (Fsp3) is 0.190. The van der Waals surface area contributed by atoms with Crippen molar-refractivity contribution in [1.29, 1.82) is 5.26 Å². The Balaban J connectivity index is 2.03. The number of ketones is 1. The van der Waals surface area contributed by atoms with Crippen molar-refractivity contribution in [3.8, 4) is 11.9 Å². The molecule has 3 rings (SSSR count). The summed E-state index contributed by atoms with van der Waals surface area (Å²) < 4.78 is 7.09. The Morgan fingerprint density at radius 2 is 1.96 bits per heavy atom. The average Bonchev–Trinajstić information content (AvgIpc) is 3.14. The molecule has 130 valence electrons. The first kappa shape index (κ1) is 17.4. The van der Waals surface area contributed by atoms with E-state index in [0.717, 1.165) is 28.3 Å². The van der Waals surface area contributed by atoms with E-state index >= 15 is 0 Å². The summed E-state index contributed by atoms with van der Waals surface area (Å²) >= 11 is 0. The molecule has 0 amide bonds. The highest BCUT2D eigenvalue weighted by Crippen LogP contribution is 2.23. The number of aromatic nitrogens is 2. The van der Waals surface area contributed by atoms with Gasteiger partial charge in [0.1, 0.15) is 17.4 Å². The zero-order valence-corrected chi connectivity index (χ0v) is 15.2. The lowest BCUT2D eigenvalue weighted by Gasteiger charge is -2.04. The molecular weight excluding hydrogens is 326 g/mol. The highest BCUT2D eigenvalue weighted by atomic mass is 16.5. The number of allylic oxidation sites excluding steroid dienone is 1. The first-order chi connectivity index (χ1) is 12.4. The number of rotatable bonds is 4. The molecule has 0 aliphatic heterocycles. The quantitative estimate of drug-likeness (QED) is 0.397. The van der Waals surface area contributed by atoms with Gasteiger partial charge in [-0.2, -0.15) is 5.26 Å². The second-order valence-electron chi connectivity index (χ2n) is 6.33. The summed E-state index contributed by atoms with van der Waals surface area (Å²) in [5.41, 5.74) is 4.24. The molecule has 0 aliphatic rings. The molecular formula is C21H19N3O2. The fourth-order valence-corrected chi connectivity index (χ4v) is 2.99. The van der Waals surface area contributed by atoms with Crippen LogP contribution >= 0.6 is 0 Å². The third kappa shape index (κ3) is 3.22. The molecule has 1 aromatic carbocycles. The third-order valence-corrected chi connectivity index (χ3v) is 4.26. The number of benzene rings is 1. The third-order valence-electron chi connectivity index (χ3n) is 4.26. The van der Waals surface area contributed by atoms with Gasteiger partial charge < -0.3 is 4.52 Å². The zero-order valence-electron chi connectivity index (χ0n) is 15.2. The lowest BCUT2D eigenvalue weighted by molar-refractivity contribution is 0.104. The van der Waals surface area contributed by atoms with E-state index in [2.05, 4.69) is 5.16 Å². The van der Waals surface area contributed by atoms with Gasteiger partial charge in [-0.15, -0.1) is 0 Å². The van der Waals surface area contributed by atoms with Crippen LogP contribution < -0.4 is 0 Å². The minimum Gasteiger partial charge on any atom is -0.360 e. The van der Waals surface area contributed by atoms with Crippen molar-refractivity contribution in [3.63, 3.8) is 0 Å². The molecule has 2 heterocycles. The van der Waals surface area contributed by atoms with Crippen LogP contribution in [-0.4, -0.2) is 15.5 Å². The van der Waals surface area contributed by atoms with Crippen molar-refractivity contribution in [3.05, 3.63) is 75.8 Å². The Morgan fingerprint density at radius 3 is 2.58 bits per heavy atom. The molecule has 0 unspecified atom stereocenters. The maximum Gasteiger partial charge on any atom is 0.203 e. The summed E-state index contributed by atoms with van der Waals surface area (Å²) in [7, 11) is 0. The highest BCUT2D eigenvalue weighted by Gasteiger charge is 2.16. The second kappa shape index (κ2) is 6.85. The lowest BCUT2D eigenvalue weighted by atomic mass is 10.0. The normalized spacial score (nSPS) is 11.4. The van der Waals surface area contributed by atoms with E-state index in [1.165, 1.54) is 0 Å². The highest BCUT2D eigenvalue weighted by molar-refractivity contribution is 6.14. The molecule has 0 atom stereocenters. The number of nitrogens with zero attached hydrogens (tertiary/aromatic N) is 3. The Labute approximate surface area is 152 Å². The maximum absolute atomic E-state index is 12.7. The van der Waals surface area contributed by atoms with Gasteiger partial charge in [-0.05, 0) is 51.5 Å². The number of carbonyl (C=O) groups is 1. The number of aryl methyl sites for hydroxylation is 3. The molecule has 0 saturated carbocycles. The van der Waals surface area contributed by atoms with E-state index in [0.29, 0.717) is 11.4 Å². The first-order valence-electron chi connectivity index (χ1n) is 8.26. The largest absolute Gasteiger partial charge is 0.360 e. The summed E-state index contributed by atoms with van der Waals surface area (Å²) in [4.78, 5) is 12.7. The van der Waals surface area contributed by atoms with Gasteiger partial charge in [-0.1, -0.05) is 28.9 Å². The van der Waals surface area contributed by atoms with E-state index in [1.54, 1.807) is 18.2 Å². The Hall–Kier alpha value is -3.39. The van der Waals surface area contributed by atoms with Gasteiger partial charge in [-0.25, -0.2) is 0 Å². The van der Waals surface area contributed by atoms with E-state index in [1.807, 2.05) is 62.6 Å². The summed E-state index contributed by atoms with van der Waals surface area (Å²) in [5, 5.41) is 13.6. The number of nitriles is 1. The molecule has 3 aromatic rings. The number of hydrogen-bond donors (Lipinski definition) is 0. The minimum atomic E-state index is -0.279. The molecule has 0 fully saturated rings. The summed E-state index contributed by atoms with van der Waals surface area (Å²) in [6, 6.07) is 13.1. The minimum absolute atomic E-state index is 0.104. The van der Waals surface area contributed by atoms with E-state index in [-0.39, 0.29) is 11.4 Å². The van der Waals surface area contributed by atoms with Crippen LogP contribution in [0.1, 0.15) is 38.6 Å². The maximum atomic E-state index is 12.7. The molecule has 0 aliphatic carbocycles. The van der Waals surface area contributed by atoms with Crippen LogP contribution in [0, 0.1) is 39.0 Å². The standard InChI is InChI=1S/C21H19N3O2/c1-13-6-5-7-17(8-13)21(25)19(12-22)11-18-9-14(2)24(16(18)4)20-10-15(3)26-23-20/h5-11H,1-4H3/b19-11+. The van der Waals surface area contributed by atoms with Gasteiger partial charge in [0.25, 0.3) is 0 Å². The average molecular weight is 345 g/mol. The molecule has 26 heavy (non-hydrogen) atoms. The van der Waals surface area contributed by atoms with Crippen molar-refractivity contribution in [2.75, 3.05) is 0 Å². The second-order valence-corrected chi connectivity index (χ2v) is 6.33. The van der Waals surface area contributed by atoms with E-state index < -0.39 is 0 Å². The predicted octanol–water partition coefficient (Wildman–Crippen LogP) is 4.49. The number of carbonyl (C=O) groups excluding carboxylic acids is 1. The van der Waals surface area contributed by atoms with Gasteiger partial charge in [0.2, 0.25) is 5.78 Å². The predicted molar refractivity (Wildman–Crippen MR) is 99.1 cm³/mol. The topological polar surface area (TPSA) is 71.8 Å². The lowest BCUT2D eigenvalue weighted by Crippen LogP contribution is -2.02. The fourth-order valence-electron chi connectivity index (χ4n) is 2.99. The van der Waals surface area contributed by atoms with Gasteiger partial charge in [-0.3, -0.25) is 9.36 Å². The van der Waals surface area contributed by atoms with Gasteiger partial charge in [0.15, 0.2) is 5.82 Å². The van der Waals surface area contributed by atoms with Crippen LogP contribution in [0.15, 0.2) is 46.5 Å². The van der Waals surface area contributed by atoms with Gasteiger partial charge >= 0.3 is 0 Å². The van der Waals surface area contributed by atoms with Crippen molar-refractivity contribution in [2.24, 2.45) is 0 Å². The number of hydrogen-bond acceptors (Lipinski definition) is 4. The smallest absolute Gasteiger partial charge is 0.203 e. The Kier molecular flexibility index (Phi) is 4.59.